The molecule has 1 heterocycles. The summed E-state index contributed by atoms with van der Waals surface area (Å²) in [5.41, 5.74) is -2.29. The lowest BCUT2D eigenvalue weighted by Gasteiger charge is -2.17. The molecule has 0 radical (unpaired) electrons. The number of hydrogen-bond acceptors (Lipinski definition) is 4. The highest BCUT2D eigenvalue weighted by atomic mass is 35.5. The van der Waals surface area contributed by atoms with Gasteiger partial charge in [0, 0.05) is 0 Å². The molecule has 3 rings (SSSR count). The monoisotopic (exact) mass is 417 g/mol. The van der Waals surface area contributed by atoms with Crippen LogP contribution in [0.3, 0.4) is 0 Å². The van der Waals surface area contributed by atoms with Gasteiger partial charge in [0.25, 0.3) is 5.56 Å². The number of alkyl halides is 3. The minimum absolute atomic E-state index is 0.0244. The van der Waals surface area contributed by atoms with Crippen molar-refractivity contribution in [1.29, 1.82) is 0 Å². The predicted molar refractivity (Wildman–Crippen MR) is 93.5 cm³/mol. The van der Waals surface area contributed by atoms with E-state index < -0.39 is 37.9 Å². The number of benzene rings is 2. The summed E-state index contributed by atoms with van der Waals surface area (Å²) in [4.78, 5) is 16.5. The van der Waals surface area contributed by atoms with Crippen LogP contribution in [0, 0.1) is 6.92 Å². The minimum atomic E-state index is -4.71. The summed E-state index contributed by atoms with van der Waals surface area (Å²) in [7, 11) is -4.25. The summed E-state index contributed by atoms with van der Waals surface area (Å²) in [6.45, 7) is 1.36. The Hall–Kier alpha value is -2.43. The number of aromatic nitrogens is 2. The average molecular weight is 418 g/mol. The van der Waals surface area contributed by atoms with Gasteiger partial charge in [0.1, 0.15) is 10.7 Å². The molecule has 0 amide bonds. The molecule has 3 aromatic rings. The molecular weight excluding hydrogens is 407 g/mol. The number of rotatable bonds is 2. The largest absolute Gasteiger partial charge is 0.418 e. The second-order valence-corrected chi connectivity index (χ2v) is 7.60. The molecule has 6 nitrogen and oxygen atoms in total. The van der Waals surface area contributed by atoms with Crippen molar-refractivity contribution in [2.75, 3.05) is 0 Å². The summed E-state index contributed by atoms with van der Waals surface area (Å²) in [5.74, 6) is -0.0244. The maximum Gasteiger partial charge on any atom is 0.418 e. The first kappa shape index (κ1) is 19.3. The van der Waals surface area contributed by atoms with Crippen LogP contribution in [0.1, 0.15) is 11.4 Å². The summed E-state index contributed by atoms with van der Waals surface area (Å²) >= 11 is 5.88. The first-order valence-corrected chi connectivity index (χ1v) is 9.26. The van der Waals surface area contributed by atoms with E-state index in [2.05, 4.69) is 4.98 Å². The fourth-order valence-corrected chi connectivity index (χ4v) is 3.80. The highest BCUT2D eigenvalue weighted by Crippen LogP contribution is 2.34. The Balaban J connectivity index is 2.44. The molecule has 11 heteroatoms. The molecular formula is C16H11ClF3N3O3S. The van der Waals surface area contributed by atoms with Gasteiger partial charge in [0.05, 0.1) is 27.2 Å². The highest BCUT2D eigenvalue weighted by molar-refractivity contribution is 7.89. The quantitative estimate of drug-likeness (QED) is 0.693. The predicted octanol–water partition coefficient (Wildman–Crippen LogP) is 3.01. The molecule has 0 aliphatic carbocycles. The molecule has 0 saturated heterocycles. The number of primary sulfonamides is 1. The minimum Gasteiger partial charge on any atom is -0.268 e. The van der Waals surface area contributed by atoms with Gasteiger partial charge in [-0.05, 0) is 31.2 Å². The van der Waals surface area contributed by atoms with Crippen molar-refractivity contribution in [3.8, 4) is 5.69 Å². The Morgan fingerprint density at radius 2 is 1.81 bits per heavy atom. The molecule has 1 aromatic heterocycles. The van der Waals surface area contributed by atoms with Crippen molar-refractivity contribution in [3.05, 3.63) is 63.2 Å². The van der Waals surface area contributed by atoms with Crippen LogP contribution in [0.15, 0.2) is 46.1 Å². The third-order valence-corrected chi connectivity index (χ3v) is 5.22. The maximum atomic E-state index is 13.3. The fourth-order valence-electron chi connectivity index (χ4n) is 2.71. The Kier molecular flexibility index (Phi) is 4.53. The molecule has 0 unspecified atom stereocenters. The van der Waals surface area contributed by atoms with Crippen LogP contribution >= 0.6 is 11.6 Å². The third-order valence-electron chi connectivity index (χ3n) is 3.85. The van der Waals surface area contributed by atoms with Crippen LogP contribution in [0.4, 0.5) is 13.2 Å². The summed E-state index contributed by atoms with van der Waals surface area (Å²) in [5, 5.41) is 4.59. The number of aryl methyl sites for hydroxylation is 1. The zero-order chi connectivity index (χ0) is 20.1. The van der Waals surface area contributed by atoms with E-state index in [1.165, 1.54) is 19.1 Å². The van der Waals surface area contributed by atoms with Gasteiger partial charge in [-0.15, -0.1) is 0 Å². The van der Waals surface area contributed by atoms with Gasteiger partial charge in [0.2, 0.25) is 10.0 Å². The van der Waals surface area contributed by atoms with Crippen molar-refractivity contribution < 1.29 is 21.6 Å². The van der Waals surface area contributed by atoms with E-state index >= 15 is 0 Å². The molecule has 142 valence electrons. The van der Waals surface area contributed by atoms with Gasteiger partial charge >= 0.3 is 6.18 Å². The molecule has 0 aliphatic rings. The Bertz CT molecular complexity index is 1240. The maximum absolute atomic E-state index is 13.3. The van der Waals surface area contributed by atoms with E-state index in [1.54, 1.807) is 0 Å². The molecule has 0 bridgehead atoms. The number of para-hydroxylation sites is 1. The summed E-state index contributed by atoms with van der Waals surface area (Å²) in [6, 6.07) is 6.54. The first-order chi connectivity index (χ1) is 12.4. The molecule has 0 fully saturated rings. The van der Waals surface area contributed by atoms with Crippen LogP contribution in [-0.2, 0) is 16.2 Å². The smallest absolute Gasteiger partial charge is 0.268 e. The van der Waals surface area contributed by atoms with Gasteiger partial charge in [-0.3, -0.25) is 9.36 Å². The van der Waals surface area contributed by atoms with Crippen molar-refractivity contribution in [1.82, 2.24) is 9.55 Å². The zero-order valence-electron chi connectivity index (χ0n) is 13.6. The second kappa shape index (κ2) is 6.32. The number of halogens is 4. The molecule has 2 N–H and O–H groups in total. The standard InChI is InChI=1S/C16H11ClF3N3O3S/c1-8-22-12-7-11(17)14(27(21,25)26)6-9(12)15(24)23(8)13-5-3-2-4-10(13)16(18,19)20/h2-7H,1H3,(H2,21,25,26). The number of nitrogens with two attached hydrogens (primary N) is 1. The topological polar surface area (TPSA) is 95.1 Å². The Labute approximate surface area is 156 Å². The fraction of sp³-hybridized carbons (Fsp3) is 0.125. The van der Waals surface area contributed by atoms with Crippen LogP contribution in [-0.4, -0.2) is 18.0 Å². The van der Waals surface area contributed by atoms with Crippen molar-refractivity contribution in [2.24, 2.45) is 5.14 Å². The second-order valence-electron chi connectivity index (χ2n) is 5.66. The first-order valence-electron chi connectivity index (χ1n) is 7.33. The lowest BCUT2D eigenvalue weighted by Crippen LogP contribution is -2.25. The number of sulfonamides is 1. The van der Waals surface area contributed by atoms with E-state index in [1.807, 2.05) is 0 Å². The SMILES string of the molecule is Cc1nc2cc(Cl)c(S(N)(=O)=O)cc2c(=O)n1-c1ccccc1C(F)(F)F. The van der Waals surface area contributed by atoms with Gasteiger partial charge in [-0.1, -0.05) is 23.7 Å². The number of hydrogen-bond donors (Lipinski definition) is 1. The molecule has 0 aliphatic heterocycles. The number of nitrogens with zero attached hydrogens (tertiary/aromatic N) is 2. The van der Waals surface area contributed by atoms with Crippen LogP contribution in [0.5, 0.6) is 0 Å². The number of fused-ring (bicyclic) bond motifs is 1. The van der Waals surface area contributed by atoms with E-state index in [9.17, 15) is 26.4 Å². The van der Waals surface area contributed by atoms with Gasteiger partial charge < -0.3 is 0 Å². The Morgan fingerprint density at radius 1 is 1.19 bits per heavy atom. The lowest BCUT2D eigenvalue weighted by molar-refractivity contribution is -0.137. The van der Waals surface area contributed by atoms with Crippen molar-refractivity contribution in [2.45, 2.75) is 18.0 Å². The van der Waals surface area contributed by atoms with E-state index in [0.29, 0.717) is 0 Å². The Morgan fingerprint density at radius 3 is 2.41 bits per heavy atom. The van der Waals surface area contributed by atoms with E-state index in [0.717, 1.165) is 28.8 Å². The normalized spacial score (nSPS) is 12.5. The zero-order valence-corrected chi connectivity index (χ0v) is 15.2. The van der Waals surface area contributed by atoms with Crippen LogP contribution < -0.4 is 10.7 Å². The van der Waals surface area contributed by atoms with E-state index in [4.69, 9.17) is 16.7 Å². The van der Waals surface area contributed by atoms with Crippen molar-refractivity contribution >= 4 is 32.5 Å². The molecule has 0 atom stereocenters. The molecule has 0 spiro atoms. The van der Waals surface area contributed by atoms with Crippen molar-refractivity contribution in [3.63, 3.8) is 0 Å². The van der Waals surface area contributed by atoms with Gasteiger partial charge in [0.15, 0.2) is 0 Å². The third kappa shape index (κ3) is 3.43. The van der Waals surface area contributed by atoms with Gasteiger partial charge in [-0.2, -0.15) is 13.2 Å². The molecule has 0 saturated carbocycles. The van der Waals surface area contributed by atoms with E-state index in [-0.39, 0.29) is 21.7 Å². The van der Waals surface area contributed by atoms with Crippen LogP contribution in [0.2, 0.25) is 5.02 Å². The van der Waals surface area contributed by atoms with Gasteiger partial charge in [-0.25, -0.2) is 18.5 Å². The molecule has 2 aromatic carbocycles. The summed E-state index contributed by atoms with van der Waals surface area (Å²) < 4.78 is 64.0. The van der Waals surface area contributed by atoms with Crippen LogP contribution in [0.25, 0.3) is 16.6 Å². The molecule has 27 heavy (non-hydrogen) atoms. The highest BCUT2D eigenvalue weighted by Gasteiger charge is 2.34. The lowest BCUT2D eigenvalue weighted by atomic mass is 10.1. The summed E-state index contributed by atoms with van der Waals surface area (Å²) in [6.07, 6.45) is -4.71. The average Bonchev–Trinajstić information content (AvgIpc) is 2.52.